The second kappa shape index (κ2) is 11.0. The number of carbonyl (C=O) groups is 1. The predicted molar refractivity (Wildman–Crippen MR) is 158 cm³/mol. The summed E-state index contributed by atoms with van der Waals surface area (Å²) in [6.07, 6.45) is 0. The monoisotopic (exact) mass is 557 g/mol. The van der Waals surface area contributed by atoms with Crippen molar-refractivity contribution in [2.45, 2.75) is 19.4 Å². The molecule has 9 heteroatoms. The van der Waals surface area contributed by atoms with Crippen LogP contribution in [-0.2, 0) is 6.61 Å². The van der Waals surface area contributed by atoms with Crippen molar-refractivity contribution in [3.63, 3.8) is 0 Å². The molecule has 1 atom stereocenters. The second-order valence-corrected chi connectivity index (χ2v) is 9.79. The molecule has 0 aliphatic carbocycles. The number of hydrogen-bond donors (Lipinski definition) is 3. The van der Waals surface area contributed by atoms with E-state index in [0.717, 1.165) is 33.2 Å². The van der Waals surface area contributed by atoms with Crippen LogP contribution >= 0.6 is 0 Å². The summed E-state index contributed by atoms with van der Waals surface area (Å²) < 4.78 is 17.9. The Morgan fingerprint density at radius 2 is 1.79 bits per heavy atom. The number of ether oxygens (including phenoxy) is 3. The van der Waals surface area contributed by atoms with Crippen LogP contribution in [0.5, 0.6) is 17.4 Å². The third-order valence-corrected chi connectivity index (χ3v) is 7.21. The molecule has 1 amide bonds. The molecule has 6 rings (SSSR count). The summed E-state index contributed by atoms with van der Waals surface area (Å²) >= 11 is 0. The largest absolute Gasteiger partial charge is 0.490 e. The number of hydrogen-bond acceptors (Lipinski definition) is 7. The third kappa shape index (κ3) is 4.86. The first-order chi connectivity index (χ1) is 20.5. The van der Waals surface area contributed by atoms with Crippen molar-refractivity contribution in [3.8, 4) is 34.7 Å². The van der Waals surface area contributed by atoms with Crippen molar-refractivity contribution in [2.75, 3.05) is 6.61 Å². The number of allylic oxidation sites excluding steroid dienone is 1. The van der Waals surface area contributed by atoms with Crippen LogP contribution in [0.25, 0.3) is 22.0 Å². The maximum Gasteiger partial charge on any atom is 0.248 e. The van der Waals surface area contributed by atoms with Gasteiger partial charge in [0.25, 0.3) is 0 Å². The van der Waals surface area contributed by atoms with Gasteiger partial charge in [0, 0.05) is 11.1 Å². The average Bonchev–Trinajstić information content (AvgIpc) is 3.43. The maximum atomic E-state index is 11.4. The van der Waals surface area contributed by atoms with Gasteiger partial charge in [-0.2, -0.15) is 5.26 Å². The van der Waals surface area contributed by atoms with E-state index in [9.17, 15) is 10.1 Å². The number of nitrogens with zero attached hydrogens (tertiary/aromatic N) is 2. The number of rotatable bonds is 8. The molecule has 1 unspecified atom stereocenters. The Labute approximate surface area is 241 Å². The number of amides is 1. The van der Waals surface area contributed by atoms with Gasteiger partial charge in [0.2, 0.25) is 17.7 Å². The number of fused-ring (bicyclic) bond motifs is 2. The van der Waals surface area contributed by atoms with Gasteiger partial charge >= 0.3 is 0 Å². The van der Waals surface area contributed by atoms with Gasteiger partial charge in [-0.25, -0.2) is 0 Å². The van der Waals surface area contributed by atoms with Gasteiger partial charge < -0.3 is 25.7 Å². The normalized spacial score (nSPS) is 14.1. The van der Waals surface area contributed by atoms with Crippen molar-refractivity contribution in [1.82, 2.24) is 10.2 Å². The average molecular weight is 558 g/mol. The molecule has 5 N–H and O–H groups in total. The van der Waals surface area contributed by atoms with Crippen LogP contribution in [0.15, 0.2) is 96.4 Å². The maximum absolute atomic E-state index is 11.4. The highest BCUT2D eigenvalue weighted by Crippen LogP contribution is 2.47. The minimum atomic E-state index is -0.562. The SMILES string of the molecule is CCOc1cc(C2C(C#N)=C(N)Oc3n[nH]c(-c4ccc5ccccc5c4)c32)ccc1OCc1ccc(C(N)=O)cc1. The number of nitrogens with one attached hydrogen (secondary N) is 1. The summed E-state index contributed by atoms with van der Waals surface area (Å²) in [6, 6.07) is 28.9. The quantitative estimate of drug-likeness (QED) is 0.227. The number of benzene rings is 4. The van der Waals surface area contributed by atoms with Gasteiger partial charge in [-0.05, 0) is 59.2 Å². The molecule has 0 fully saturated rings. The molecule has 0 spiro atoms. The molecule has 1 aromatic heterocycles. The van der Waals surface area contributed by atoms with Crippen LogP contribution in [0.1, 0.15) is 39.9 Å². The molecule has 0 saturated heterocycles. The van der Waals surface area contributed by atoms with Crippen LogP contribution in [0.2, 0.25) is 0 Å². The fraction of sp³-hybridized carbons (Fsp3) is 0.121. The van der Waals surface area contributed by atoms with Crippen LogP contribution in [0, 0.1) is 11.3 Å². The van der Waals surface area contributed by atoms with Crippen molar-refractivity contribution in [1.29, 1.82) is 5.26 Å². The Morgan fingerprint density at radius 3 is 2.52 bits per heavy atom. The Kier molecular flexibility index (Phi) is 6.95. The number of aromatic nitrogens is 2. The van der Waals surface area contributed by atoms with Crippen LogP contribution < -0.4 is 25.7 Å². The van der Waals surface area contributed by atoms with Crippen LogP contribution in [-0.4, -0.2) is 22.7 Å². The Bertz CT molecular complexity index is 1890. The van der Waals surface area contributed by atoms with Crippen molar-refractivity contribution >= 4 is 16.7 Å². The molecule has 2 heterocycles. The molecule has 9 nitrogen and oxygen atoms in total. The number of primary amides is 1. The zero-order chi connectivity index (χ0) is 29.2. The number of nitrogens with two attached hydrogens (primary N) is 2. The van der Waals surface area contributed by atoms with E-state index in [-0.39, 0.29) is 18.1 Å². The van der Waals surface area contributed by atoms with Gasteiger partial charge in [-0.1, -0.05) is 54.6 Å². The van der Waals surface area contributed by atoms with Crippen molar-refractivity contribution < 1.29 is 19.0 Å². The fourth-order valence-electron chi connectivity index (χ4n) is 5.16. The fourth-order valence-corrected chi connectivity index (χ4v) is 5.16. The summed E-state index contributed by atoms with van der Waals surface area (Å²) in [4.78, 5) is 11.4. The van der Waals surface area contributed by atoms with E-state index >= 15 is 0 Å². The summed E-state index contributed by atoms with van der Waals surface area (Å²) in [7, 11) is 0. The van der Waals surface area contributed by atoms with E-state index in [4.69, 9.17) is 25.7 Å². The van der Waals surface area contributed by atoms with Gasteiger partial charge in [0.1, 0.15) is 18.2 Å². The Morgan fingerprint density at radius 1 is 1.00 bits per heavy atom. The minimum absolute atomic E-state index is 0.00394. The summed E-state index contributed by atoms with van der Waals surface area (Å²) in [5.74, 6) is 0.323. The van der Waals surface area contributed by atoms with Crippen LogP contribution in [0.3, 0.4) is 0 Å². The molecule has 5 aromatic rings. The van der Waals surface area contributed by atoms with Gasteiger partial charge in [-0.3, -0.25) is 9.89 Å². The number of nitriles is 1. The third-order valence-electron chi connectivity index (χ3n) is 7.21. The van der Waals surface area contributed by atoms with Gasteiger partial charge in [-0.15, -0.1) is 5.10 Å². The Balaban J connectivity index is 1.38. The highest BCUT2D eigenvalue weighted by Gasteiger charge is 2.36. The lowest BCUT2D eigenvalue weighted by Gasteiger charge is -2.25. The van der Waals surface area contributed by atoms with E-state index in [0.29, 0.717) is 35.1 Å². The Hall–Kier alpha value is -5.75. The van der Waals surface area contributed by atoms with Gasteiger partial charge in [0.15, 0.2) is 11.5 Å². The highest BCUT2D eigenvalue weighted by atomic mass is 16.5. The minimum Gasteiger partial charge on any atom is -0.490 e. The zero-order valence-corrected chi connectivity index (χ0v) is 22.8. The molecule has 0 saturated carbocycles. The smallest absolute Gasteiger partial charge is 0.248 e. The molecule has 4 aromatic carbocycles. The highest BCUT2D eigenvalue weighted by molar-refractivity contribution is 5.92. The molecule has 0 radical (unpaired) electrons. The van der Waals surface area contributed by atoms with E-state index in [1.807, 2.05) is 55.5 Å². The summed E-state index contributed by atoms with van der Waals surface area (Å²) in [5, 5.41) is 19.9. The van der Waals surface area contributed by atoms with Crippen LogP contribution in [0.4, 0.5) is 0 Å². The lowest BCUT2D eigenvalue weighted by atomic mass is 9.82. The van der Waals surface area contributed by atoms with E-state index in [2.05, 4.69) is 28.4 Å². The lowest BCUT2D eigenvalue weighted by molar-refractivity contribution is 0.1000. The van der Waals surface area contributed by atoms with Crippen molar-refractivity contribution in [3.05, 3.63) is 119 Å². The standard InChI is InChI=1S/C33H27N5O4/c1-2-40-27-16-23(13-14-26(27)41-18-19-7-9-21(10-8-19)31(35)39)28-25(17-34)32(36)42-33-29(28)30(37-38-33)24-12-11-20-5-3-4-6-22(20)15-24/h3-16,28H,2,18,36H2,1H3,(H2,35,39)(H,37,38). The van der Waals surface area contributed by atoms with E-state index in [1.165, 1.54) is 0 Å². The first-order valence-electron chi connectivity index (χ1n) is 13.4. The number of H-pyrrole nitrogens is 1. The lowest BCUT2D eigenvalue weighted by Crippen LogP contribution is -2.21. The van der Waals surface area contributed by atoms with Gasteiger partial charge in [0.05, 0.1) is 23.8 Å². The number of carbonyl (C=O) groups excluding carboxylic acids is 1. The molecule has 0 bridgehead atoms. The topological polar surface area (TPSA) is 149 Å². The second-order valence-electron chi connectivity index (χ2n) is 9.79. The summed E-state index contributed by atoms with van der Waals surface area (Å²) in [6.45, 7) is 2.55. The molecule has 208 valence electrons. The molecule has 1 aliphatic rings. The van der Waals surface area contributed by atoms with E-state index < -0.39 is 11.8 Å². The van der Waals surface area contributed by atoms with E-state index in [1.54, 1.807) is 24.3 Å². The molecule has 42 heavy (non-hydrogen) atoms. The molecular weight excluding hydrogens is 530 g/mol. The predicted octanol–water partition coefficient (Wildman–Crippen LogP) is 5.52. The van der Waals surface area contributed by atoms with Crippen molar-refractivity contribution in [2.24, 2.45) is 11.5 Å². The first-order valence-corrected chi connectivity index (χ1v) is 13.4. The molecule has 1 aliphatic heterocycles. The number of aromatic amines is 1. The zero-order valence-electron chi connectivity index (χ0n) is 22.8. The first kappa shape index (κ1) is 26.5. The molecular formula is C33H27N5O4. The summed E-state index contributed by atoms with van der Waals surface area (Å²) in [5.41, 5.74) is 16.2.